The molecule has 1 unspecified atom stereocenters. The van der Waals surface area contributed by atoms with E-state index in [1.807, 2.05) is 0 Å². The van der Waals surface area contributed by atoms with Gasteiger partial charge in [-0.1, -0.05) is 37.6 Å². The molecule has 3 saturated carbocycles. The van der Waals surface area contributed by atoms with E-state index >= 15 is 0 Å². The molecule has 0 aromatic rings. The van der Waals surface area contributed by atoms with Gasteiger partial charge < -0.3 is 5.11 Å². The molecule has 90 valence electrons. The maximum atomic E-state index is 11.0. The van der Waals surface area contributed by atoms with Gasteiger partial charge in [-0.2, -0.15) is 0 Å². The zero-order chi connectivity index (χ0) is 11.6. The molecule has 17 heavy (non-hydrogen) atoms. The summed E-state index contributed by atoms with van der Waals surface area (Å²) in [5.41, 5.74) is 1.93. The summed E-state index contributed by atoms with van der Waals surface area (Å²) in [4.78, 5) is 0. The Morgan fingerprint density at radius 3 is 2.94 bits per heavy atom. The zero-order valence-corrected chi connectivity index (χ0v) is 10.6. The first-order chi connectivity index (χ1) is 8.07. The van der Waals surface area contributed by atoms with Gasteiger partial charge in [-0.25, -0.2) is 0 Å². The van der Waals surface area contributed by atoms with Gasteiger partial charge in [0.25, 0.3) is 0 Å². The molecule has 0 amide bonds. The first-order valence-corrected chi connectivity index (χ1v) is 7.14. The van der Waals surface area contributed by atoms with E-state index in [1.165, 1.54) is 6.42 Å². The summed E-state index contributed by atoms with van der Waals surface area (Å²) in [5.74, 6) is 3.89. The van der Waals surface area contributed by atoms with Crippen LogP contribution in [0.15, 0.2) is 23.8 Å². The summed E-state index contributed by atoms with van der Waals surface area (Å²) >= 11 is 0. The van der Waals surface area contributed by atoms with Crippen LogP contribution < -0.4 is 0 Å². The normalized spacial score (nSPS) is 63.4. The van der Waals surface area contributed by atoms with Gasteiger partial charge >= 0.3 is 0 Å². The molecule has 1 nitrogen and oxygen atoms in total. The summed E-state index contributed by atoms with van der Waals surface area (Å²) in [7, 11) is 0. The summed E-state index contributed by atoms with van der Waals surface area (Å²) < 4.78 is 0. The molecular weight excluding hydrogens is 208 g/mol. The molecule has 6 aliphatic carbocycles. The maximum Gasteiger partial charge on any atom is 0.0693 e. The smallest absolute Gasteiger partial charge is 0.0693 e. The highest BCUT2D eigenvalue weighted by Gasteiger charge is 2.78. The molecule has 0 aromatic heterocycles. The van der Waals surface area contributed by atoms with Gasteiger partial charge in [0.05, 0.1) is 6.10 Å². The molecule has 0 saturated heterocycles. The second kappa shape index (κ2) is 2.30. The summed E-state index contributed by atoms with van der Waals surface area (Å²) in [6.07, 6.45) is 9.85. The molecule has 0 aliphatic heterocycles. The van der Waals surface area contributed by atoms with E-state index in [-0.39, 0.29) is 16.9 Å². The topological polar surface area (TPSA) is 20.2 Å². The SMILES string of the molecule is CC1(C)CC2=C[C@@H]3C=C[C@H]4[C@H]5C[C@@H]3[C@]2(C1O)[C@@H]45. The van der Waals surface area contributed by atoms with E-state index in [0.29, 0.717) is 5.92 Å². The minimum absolute atomic E-state index is 0.0986. The van der Waals surface area contributed by atoms with E-state index in [0.717, 1.165) is 30.1 Å². The molecular formula is C16H20O. The Hall–Kier alpha value is -0.560. The fraction of sp³-hybridized carbons (Fsp3) is 0.750. The van der Waals surface area contributed by atoms with Crippen molar-refractivity contribution in [2.24, 2.45) is 40.4 Å². The van der Waals surface area contributed by atoms with Crippen molar-refractivity contribution in [1.82, 2.24) is 0 Å². The van der Waals surface area contributed by atoms with Gasteiger partial charge in [0.1, 0.15) is 0 Å². The molecule has 1 spiro atoms. The third-order valence-electron chi connectivity index (χ3n) is 6.73. The Labute approximate surface area is 103 Å². The Balaban J connectivity index is 1.78. The average Bonchev–Trinajstić information content (AvgIpc) is 2.72. The second-order valence-electron chi connectivity index (χ2n) is 7.76. The number of rotatable bonds is 0. The van der Waals surface area contributed by atoms with E-state index in [2.05, 4.69) is 32.1 Å². The Bertz CT molecular complexity index is 482. The highest BCUT2D eigenvalue weighted by atomic mass is 16.3. The molecule has 6 rings (SSSR count). The lowest BCUT2D eigenvalue weighted by Crippen LogP contribution is -2.43. The van der Waals surface area contributed by atoms with Crippen molar-refractivity contribution in [3.8, 4) is 0 Å². The first kappa shape index (κ1) is 9.38. The average molecular weight is 228 g/mol. The number of allylic oxidation sites excluding steroid dienone is 3. The van der Waals surface area contributed by atoms with E-state index in [1.54, 1.807) is 5.57 Å². The fourth-order valence-electron chi connectivity index (χ4n) is 6.25. The van der Waals surface area contributed by atoms with E-state index in [4.69, 9.17) is 0 Å². The molecule has 0 heterocycles. The molecule has 0 radical (unpaired) electrons. The van der Waals surface area contributed by atoms with Crippen LogP contribution in [0.3, 0.4) is 0 Å². The van der Waals surface area contributed by atoms with Crippen molar-refractivity contribution in [3.05, 3.63) is 23.8 Å². The van der Waals surface area contributed by atoms with Gasteiger partial charge in [0.15, 0.2) is 0 Å². The van der Waals surface area contributed by atoms with Crippen LogP contribution in [0.2, 0.25) is 0 Å². The van der Waals surface area contributed by atoms with Crippen molar-refractivity contribution in [2.45, 2.75) is 32.8 Å². The van der Waals surface area contributed by atoms with Gasteiger partial charge in [0.2, 0.25) is 0 Å². The second-order valence-corrected chi connectivity index (χ2v) is 7.76. The van der Waals surface area contributed by atoms with Gasteiger partial charge in [-0.3, -0.25) is 0 Å². The number of aliphatic hydroxyl groups is 1. The van der Waals surface area contributed by atoms with E-state index in [9.17, 15) is 5.11 Å². The number of aliphatic hydroxyl groups excluding tert-OH is 1. The molecule has 0 aromatic carbocycles. The first-order valence-electron chi connectivity index (χ1n) is 7.14. The van der Waals surface area contributed by atoms with Crippen LogP contribution in [0.5, 0.6) is 0 Å². The van der Waals surface area contributed by atoms with Crippen molar-refractivity contribution >= 4 is 0 Å². The lowest BCUT2D eigenvalue weighted by atomic mass is 9.67. The van der Waals surface area contributed by atoms with Crippen LogP contribution in [0.4, 0.5) is 0 Å². The van der Waals surface area contributed by atoms with Crippen LogP contribution in [0, 0.1) is 40.4 Å². The van der Waals surface area contributed by atoms with Crippen LogP contribution in [0.25, 0.3) is 0 Å². The standard InChI is InChI=1S/C16H20O/c1-15(2)7-9-5-8-3-4-10-11-6-12(8)16(9,13(10)11)14(15)17/h3-5,8,10-14,17H,6-7H2,1-2H3/t8-,10-,11+,12-,13-,14?,16-/m0/s1. The van der Waals surface area contributed by atoms with Crippen molar-refractivity contribution < 1.29 is 5.11 Å². The summed E-state index contributed by atoms with van der Waals surface area (Å²) in [6, 6.07) is 0. The summed E-state index contributed by atoms with van der Waals surface area (Å²) in [5, 5.41) is 11.0. The quantitative estimate of drug-likeness (QED) is 0.632. The molecule has 1 N–H and O–H groups in total. The molecule has 6 bridgehead atoms. The van der Waals surface area contributed by atoms with Crippen LogP contribution in [-0.2, 0) is 0 Å². The number of hydrogen-bond donors (Lipinski definition) is 1. The Morgan fingerprint density at radius 1 is 1.29 bits per heavy atom. The van der Waals surface area contributed by atoms with Crippen molar-refractivity contribution in [2.75, 3.05) is 0 Å². The Morgan fingerprint density at radius 2 is 2.12 bits per heavy atom. The van der Waals surface area contributed by atoms with Crippen LogP contribution >= 0.6 is 0 Å². The third-order valence-corrected chi connectivity index (χ3v) is 6.73. The highest BCUT2D eigenvalue weighted by molar-refractivity contribution is 5.46. The molecule has 3 fully saturated rings. The minimum atomic E-state index is -0.101. The monoisotopic (exact) mass is 228 g/mol. The van der Waals surface area contributed by atoms with E-state index < -0.39 is 0 Å². The highest BCUT2D eigenvalue weighted by Crippen LogP contribution is 2.81. The fourth-order valence-corrected chi connectivity index (χ4v) is 6.25. The maximum absolute atomic E-state index is 11.0. The Kier molecular flexibility index (Phi) is 1.27. The lowest BCUT2D eigenvalue weighted by molar-refractivity contribution is -0.0334. The van der Waals surface area contributed by atoms with Crippen LogP contribution in [0.1, 0.15) is 26.7 Å². The summed E-state index contributed by atoms with van der Waals surface area (Å²) in [6.45, 7) is 4.52. The third kappa shape index (κ3) is 0.739. The van der Waals surface area contributed by atoms with Gasteiger partial charge in [-0.05, 0) is 47.8 Å². The molecule has 7 atom stereocenters. The van der Waals surface area contributed by atoms with Gasteiger partial charge in [-0.15, -0.1) is 0 Å². The number of hydrogen-bond acceptors (Lipinski definition) is 1. The van der Waals surface area contributed by atoms with Crippen molar-refractivity contribution in [1.29, 1.82) is 0 Å². The molecule has 6 aliphatic rings. The van der Waals surface area contributed by atoms with Crippen molar-refractivity contribution in [3.63, 3.8) is 0 Å². The minimum Gasteiger partial charge on any atom is -0.392 e. The lowest BCUT2D eigenvalue weighted by Gasteiger charge is -2.39. The predicted octanol–water partition coefficient (Wildman–Crippen LogP) is 2.77. The van der Waals surface area contributed by atoms with Gasteiger partial charge in [0, 0.05) is 5.41 Å². The molecule has 1 heteroatoms. The largest absolute Gasteiger partial charge is 0.392 e. The predicted molar refractivity (Wildman–Crippen MR) is 66.1 cm³/mol. The van der Waals surface area contributed by atoms with Crippen LogP contribution in [-0.4, -0.2) is 11.2 Å². The zero-order valence-electron chi connectivity index (χ0n) is 10.6.